The number of ether oxygens (including phenoxy) is 1. The lowest BCUT2D eigenvalue weighted by Gasteiger charge is -2.34. The molecule has 168 valence electrons. The number of anilines is 1. The van der Waals surface area contributed by atoms with E-state index in [1.807, 2.05) is 75.5 Å². The van der Waals surface area contributed by atoms with Crippen LogP contribution in [0.25, 0.3) is 0 Å². The molecule has 0 aromatic heterocycles. The number of hydrogen-bond acceptors (Lipinski definition) is 3. The monoisotopic (exact) mass is 536 g/mol. The second kappa shape index (κ2) is 12.5. The summed E-state index contributed by atoms with van der Waals surface area (Å²) in [6, 6.07) is 17.9. The van der Waals surface area contributed by atoms with Crippen molar-refractivity contribution in [2.24, 2.45) is 10.9 Å². The Balaban J connectivity index is 0.00000341. The van der Waals surface area contributed by atoms with Gasteiger partial charge >= 0.3 is 0 Å². The zero-order valence-electron chi connectivity index (χ0n) is 18.5. The molecule has 0 bridgehead atoms. The molecule has 1 aliphatic rings. The third kappa shape index (κ3) is 7.72. The topological polar surface area (TPSA) is 66.0 Å². The second-order valence-electron chi connectivity index (χ2n) is 7.86. The number of guanidine groups is 1. The van der Waals surface area contributed by atoms with Crippen molar-refractivity contribution in [3.63, 3.8) is 0 Å². The minimum atomic E-state index is -0.0306. The Morgan fingerprint density at radius 3 is 2.32 bits per heavy atom. The number of para-hydroxylation sites is 1. The summed E-state index contributed by atoms with van der Waals surface area (Å²) in [5.41, 5.74) is 1.96. The molecule has 0 saturated carbocycles. The Kier molecular flexibility index (Phi) is 10.1. The number of carbonyl (C=O) groups is 1. The molecule has 2 N–H and O–H groups in total. The van der Waals surface area contributed by atoms with Gasteiger partial charge in [0.25, 0.3) is 0 Å². The van der Waals surface area contributed by atoms with E-state index in [0.29, 0.717) is 6.54 Å². The molecule has 1 fully saturated rings. The Morgan fingerprint density at radius 1 is 1.10 bits per heavy atom. The van der Waals surface area contributed by atoms with Crippen molar-refractivity contribution in [3.8, 4) is 5.75 Å². The van der Waals surface area contributed by atoms with Crippen LogP contribution in [0.2, 0.25) is 0 Å². The highest BCUT2D eigenvalue weighted by molar-refractivity contribution is 14.0. The summed E-state index contributed by atoms with van der Waals surface area (Å²) in [6.07, 6.45) is 2.19. The van der Waals surface area contributed by atoms with Crippen LogP contribution < -0.4 is 15.4 Å². The first-order valence-corrected chi connectivity index (χ1v) is 10.6. The smallest absolute Gasteiger partial charge is 0.226 e. The van der Waals surface area contributed by atoms with E-state index in [2.05, 4.69) is 20.5 Å². The SMILES string of the molecule is CN=C(NCc1ccc(NC(=O)C(C)C)cc1)N1CCC(Oc2ccccc2)CC1.I. The van der Waals surface area contributed by atoms with Gasteiger partial charge in [-0.1, -0.05) is 44.2 Å². The number of piperidine rings is 1. The third-order valence-electron chi connectivity index (χ3n) is 5.20. The maximum absolute atomic E-state index is 11.8. The summed E-state index contributed by atoms with van der Waals surface area (Å²) in [6.45, 7) is 6.28. The van der Waals surface area contributed by atoms with Crippen molar-refractivity contribution in [2.45, 2.75) is 39.3 Å². The molecule has 7 heteroatoms. The predicted molar refractivity (Wildman–Crippen MR) is 137 cm³/mol. The summed E-state index contributed by atoms with van der Waals surface area (Å²) < 4.78 is 6.08. The normalized spacial score (nSPS) is 14.7. The molecule has 2 aromatic carbocycles. The predicted octanol–water partition coefficient (Wildman–Crippen LogP) is 4.52. The van der Waals surface area contributed by atoms with Crippen LogP contribution in [0.3, 0.4) is 0 Å². The number of aliphatic imine (C=N–C) groups is 1. The van der Waals surface area contributed by atoms with E-state index in [4.69, 9.17) is 4.74 Å². The molecule has 0 atom stereocenters. The van der Waals surface area contributed by atoms with Gasteiger partial charge in [0.2, 0.25) is 5.91 Å². The maximum atomic E-state index is 11.8. The summed E-state index contributed by atoms with van der Waals surface area (Å²) in [4.78, 5) is 18.5. The first-order valence-electron chi connectivity index (χ1n) is 10.6. The molecule has 31 heavy (non-hydrogen) atoms. The fraction of sp³-hybridized carbons (Fsp3) is 0.417. The van der Waals surface area contributed by atoms with Crippen LogP contribution in [0.1, 0.15) is 32.3 Å². The zero-order chi connectivity index (χ0) is 21.3. The van der Waals surface area contributed by atoms with Gasteiger partial charge in [0.1, 0.15) is 11.9 Å². The molecule has 0 radical (unpaired) electrons. The number of halogens is 1. The average Bonchev–Trinajstić information content (AvgIpc) is 2.77. The Labute approximate surface area is 202 Å². The van der Waals surface area contributed by atoms with Crippen LogP contribution in [-0.4, -0.2) is 43.0 Å². The summed E-state index contributed by atoms with van der Waals surface area (Å²) in [5, 5.41) is 6.36. The molecular formula is C24H33IN4O2. The number of hydrogen-bond donors (Lipinski definition) is 2. The van der Waals surface area contributed by atoms with Crippen molar-refractivity contribution < 1.29 is 9.53 Å². The Morgan fingerprint density at radius 2 is 1.74 bits per heavy atom. The first-order chi connectivity index (χ1) is 14.5. The lowest BCUT2D eigenvalue weighted by molar-refractivity contribution is -0.118. The number of benzene rings is 2. The third-order valence-corrected chi connectivity index (χ3v) is 5.20. The lowest BCUT2D eigenvalue weighted by Crippen LogP contribution is -2.47. The fourth-order valence-corrected chi connectivity index (χ4v) is 3.38. The van der Waals surface area contributed by atoms with Gasteiger partial charge in [-0.05, 0) is 29.8 Å². The molecule has 1 saturated heterocycles. The number of amides is 1. The summed E-state index contributed by atoms with van der Waals surface area (Å²) in [7, 11) is 1.82. The quantitative estimate of drug-likeness (QED) is 0.324. The molecule has 1 amide bonds. The Hall–Kier alpha value is -2.29. The highest BCUT2D eigenvalue weighted by atomic mass is 127. The molecule has 6 nitrogen and oxygen atoms in total. The molecule has 2 aromatic rings. The second-order valence-corrected chi connectivity index (χ2v) is 7.86. The largest absolute Gasteiger partial charge is 0.490 e. The van der Waals surface area contributed by atoms with Gasteiger partial charge in [-0.3, -0.25) is 9.79 Å². The van der Waals surface area contributed by atoms with Crippen molar-refractivity contribution in [1.29, 1.82) is 0 Å². The van der Waals surface area contributed by atoms with E-state index in [0.717, 1.165) is 48.9 Å². The molecular weight excluding hydrogens is 503 g/mol. The van der Waals surface area contributed by atoms with Crippen LogP contribution in [0, 0.1) is 5.92 Å². The van der Waals surface area contributed by atoms with Gasteiger partial charge in [0.15, 0.2) is 5.96 Å². The zero-order valence-corrected chi connectivity index (χ0v) is 20.8. The minimum absolute atomic E-state index is 0. The van der Waals surface area contributed by atoms with Gasteiger partial charge in [0, 0.05) is 51.1 Å². The van der Waals surface area contributed by atoms with Crippen LogP contribution in [-0.2, 0) is 11.3 Å². The van der Waals surface area contributed by atoms with E-state index in [1.165, 1.54) is 0 Å². The van der Waals surface area contributed by atoms with Gasteiger partial charge in [-0.25, -0.2) is 0 Å². The fourth-order valence-electron chi connectivity index (χ4n) is 3.38. The van der Waals surface area contributed by atoms with Gasteiger partial charge in [0.05, 0.1) is 0 Å². The molecule has 1 aliphatic heterocycles. The summed E-state index contributed by atoms with van der Waals surface area (Å²) in [5.74, 6) is 1.84. The number of nitrogens with one attached hydrogen (secondary N) is 2. The standard InChI is InChI=1S/C24H32N4O2.HI/c1-18(2)23(29)27-20-11-9-19(10-12-20)17-26-24(25-3)28-15-13-22(14-16-28)30-21-7-5-4-6-8-21;/h4-12,18,22H,13-17H2,1-3H3,(H,25,26)(H,27,29);1H. The molecule has 0 unspecified atom stereocenters. The van der Waals surface area contributed by atoms with Gasteiger partial charge < -0.3 is 20.3 Å². The molecule has 1 heterocycles. The first kappa shape index (κ1) is 25.0. The van der Waals surface area contributed by atoms with E-state index >= 15 is 0 Å². The van der Waals surface area contributed by atoms with Crippen LogP contribution in [0.5, 0.6) is 5.75 Å². The van der Waals surface area contributed by atoms with Crippen molar-refractivity contribution in [1.82, 2.24) is 10.2 Å². The number of rotatable bonds is 6. The van der Waals surface area contributed by atoms with E-state index in [-0.39, 0.29) is 41.9 Å². The van der Waals surface area contributed by atoms with Crippen LogP contribution in [0.15, 0.2) is 59.6 Å². The Bertz CT molecular complexity index is 832. The molecule has 0 spiro atoms. The number of nitrogens with zero attached hydrogens (tertiary/aromatic N) is 2. The number of likely N-dealkylation sites (tertiary alicyclic amines) is 1. The van der Waals surface area contributed by atoms with Crippen LogP contribution >= 0.6 is 24.0 Å². The van der Waals surface area contributed by atoms with Crippen molar-refractivity contribution in [3.05, 3.63) is 60.2 Å². The molecule has 3 rings (SSSR count). The van der Waals surface area contributed by atoms with Crippen LogP contribution in [0.4, 0.5) is 5.69 Å². The van der Waals surface area contributed by atoms with Gasteiger partial charge in [-0.2, -0.15) is 0 Å². The van der Waals surface area contributed by atoms with Gasteiger partial charge in [-0.15, -0.1) is 24.0 Å². The number of carbonyl (C=O) groups excluding carboxylic acids is 1. The molecule has 0 aliphatic carbocycles. The summed E-state index contributed by atoms with van der Waals surface area (Å²) >= 11 is 0. The van der Waals surface area contributed by atoms with E-state index in [9.17, 15) is 4.79 Å². The van der Waals surface area contributed by atoms with E-state index < -0.39 is 0 Å². The maximum Gasteiger partial charge on any atom is 0.226 e. The highest BCUT2D eigenvalue weighted by Crippen LogP contribution is 2.19. The van der Waals surface area contributed by atoms with Crippen molar-refractivity contribution in [2.75, 3.05) is 25.5 Å². The average molecular weight is 536 g/mol. The van der Waals surface area contributed by atoms with E-state index in [1.54, 1.807) is 0 Å². The lowest BCUT2D eigenvalue weighted by atomic mass is 10.1. The van der Waals surface area contributed by atoms with Crippen molar-refractivity contribution >= 4 is 41.5 Å². The highest BCUT2D eigenvalue weighted by Gasteiger charge is 2.22. The minimum Gasteiger partial charge on any atom is -0.490 e.